The molecule has 0 aliphatic carbocycles. The molecule has 0 fully saturated rings. The largest absolute Gasteiger partial charge is 0.482 e. The monoisotopic (exact) mass is 392 g/mol. The van der Waals surface area contributed by atoms with E-state index in [1.807, 2.05) is 43.5 Å². The Balaban J connectivity index is 1.51. The fourth-order valence-electron chi connectivity index (χ4n) is 2.19. The fraction of sp³-hybridized carbons (Fsp3) is 0.222. The first-order valence-corrected chi connectivity index (χ1v) is 9.75. The lowest BCUT2D eigenvalue weighted by molar-refractivity contribution is -0.123. The van der Waals surface area contributed by atoms with Gasteiger partial charge in [0.2, 0.25) is 0 Å². The van der Waals surface area contributed by atoms with Crippen LogP contribution in [0.25, 0.3) is 10.6 Å². The molecule has 25 heavy (non-hydrogen) atoms. The topological polar surface area (TPSA) is 51.2 Å². The summed E-state index contributed by atoms with van der Waals surface area (Å²) in [4.78, 5) is 18.6. The SMILES string of the molecule is Cc1ccc(Cl)c(OCC(=O)NCc2ccc(-c3csc(C)n3)s2)c1. The molecular weight excluding hydrogens is 376 g/mol. The van der Waals surface area contributed by atoms with Gasteiger partial charge in [0.05, 0.1) is 27.1 Å². The first-order valence-electron chi connectivity index (χ1n) is 7.68. The van der Waals surface area contributed by atoms with Crippen molar-refractivity contribution in [2.75, 3.05) is 6.61 Å². The van der Waals surface area contributed by atoms with Crippen LogP contribution in [0.2, 0.25) is 5.02 Å². The summed E-state index contributed by atoms with van der Waals surface area (Å²) in [5.74, 6) is 0.339. The van der Waals surface area contributed by atoms with Crippen molar-refractivity contribution in [3.05, 3.63) is 56.2 Å². The van der Waals surface area contributed by atoms with Gasteiger partial charge < -0.3 is 10.1 Å². The molecule has 0 atom stereocenters. The number of thiazole rings is 1. The van der Waals surface area contributed by atoms with E-state index in [0.29, 0.717) is 17.3 Å². The zero-order valence-electron chi connectivity index (χ0n) is 13.8. The molecule has 0 spiro atoms. The molecule has 2 aromatic heterocycles. The number of hydrogen-bond donors (Lipinski definition) is 1. The van der Waals surface area contributed by atoms with Gasteiger partial charge in [-0.1, -0.05) is 17.7 Å². The number of hydrogen-bond acceptors (Lipinski definition) is 5. The molecule has 1 aromatic carbocycles. The van der Waals surface area contributed by atoms with Crippen molar-refractivity contribution in [1.29, 1.82) is 0 Å². The summed E-state index contributed by atoms with van der Waals surface area (Å²) < 4.78 is 5.50. The van der Waals surface area contributed by atoms with Gasteiger partial charge in [-0.25, -0.2) is 4.98 Å². The third-order valence-corrected chi connectivity index (χ3v) is 5.63. The van der Waals surface area contributed by atoms with Crippen LogP contribution in [0.1, 0.15) is 15.4 Å². The number of halogens is 1. The van der Waals surface area contributed by atoms with E-state index in [1.165, 1.54) is 0 Å². The first kappa shape index (κ1) is 17.9. The van der Waals surface area contributed by atoms with Crippen LogP contribution in [0, 0.1) is 13.8 Å². The minimum Gasteiger partial charge on any atom is -0.482 e. The standard InChI is InChI=1S/C18H17ClN2O2S2/c1-11-3-5-14(19)16(7-11)23-9-18(22)20-8-13-4-6-17(25-13)15-10-24-12(2)21-15/h3-7,10H,8-9H2,1-2H3,(H,20,22). The molecule has 1 N–H and O–H groups in total. The minimum absolute atomic E-state index is 0.0628. The smallest absolute Gasteiger partial charge is 0.258 e. The molecule has 4 nitrogen and oxygen atoms in total. The second-order valence-corrected chi connectivity index (χ2v) is 8.15. The Morgan fingerprint density at radius 3 is 2.88 bits per heavy atom. The van der Waals surface area contributed by atoms with Crippen LogP contribution < -0.4 is 10.1 Å². The van der Waals surface area contributed by atoms with Crippen molar-refractivity contribution in [2.24, 2.45) is 0 Å². The molecule has 0 aliphatic rings. The lowest BCUT2D eigenvalue weighted by Crippen LogP contribution is -2.28. The molecule has 0 bridgehead atoms. The van der Waals surface area contributed by atoms with Gasteiger partial charge in [-0.15, -0.1) is 22.7 Å². The normalized spacial score (nSPS) is 10.7. The molecule has 1 amide bonds. The highest BCUT2D eigenvalue weighted by atomic mass is 35.5. The van der Waals surface area contributed by atoms with E-state index in [9.17, 15) is 4.79 Å². The fourth-order valence-corrected chi connectivity index (χ4v) is 3.96. The van der Waals surface area contributed by atoms with E-state index in [-0.39, 0.29) is 12.5 Å². The number of amides is 1. The number of benzene rings is 1. The number of nitrogens with zero attached hydrogens (tertiary/aromatic N) is 1. The Morgan fingerprint density at radius 2 is 2.12 bits per heavy atom. The van der Waals surface area contributed by atoms with Gasteiger partial charge in [0.15, 0.2) is 6.61 Å². The van der Waals surface area contributed by atoms with Gasteiger partial charge in [0, 0.05) is 10.3 Å². The molecule has 0 unspecified atom stereocenters. The van der Waals surface area contributed by atoms with Crippen molar-refractivity contribution in [3.63, 3.8) is 0 Å². The van der Waals surface area contributed by atoms with Gasteiger partial charge in [-0.2, -0.15) is 0 Å². The number of aromatic nitrogens is 1. The van der Waals surface area contributed by atoms with E-state index in [0.717, 1.165) is 26.0 Å². The number of nitrogens with one attached hydrogen (secondary N) is 1. The van der Waals surface area contributed by atoms with Crippen molar-refractivity contribution >= 4 is 40.2 Å². The summed E-state index contributed by atoms with van der Waals surface area (Å²) in [5, 5.41) is 6.45. The highest BCUT2D eigenvalue weighted by Crippen LogP contribution is 2.29. The predicted molar refractivity (Wildman–Crippen MR) is 104 cm³/mol. The molecule has 0 saturated heterocycles. The molecule has 130 valence electrons. The molecule has 7 heteroatoms. The van der Waals surface area contributed by atoms with Crippen molar-refractivity contribution < 1.29 is 9.53 Å². The molecule has 3 aromatic rings. The van der Waals surface area contributed by atoms with Crippen LogP contribution in [0.3, 0.4) is 0 Å². The quantitative estimate of drug-likeness (QED) is 0.653. The summed E-state index contributed by atoms with van der Waals surface area (Å²) in [6.07, 6.45) is 0. The minimum atomic E-state index is -0.183. The number of thiophene rings is 1. The summed E-state index contributed by atoms with van der Waals surface area (Å²) >= 11 is 9.31. The lowest BCUT2D eigenvalue weighted by atomic mass is 10.2. The van der Waals surface area contributed by atoms with Crippen LogP contribution in [-0.4, -0.2) is 17.5 Å². The molecule has 3 rings (SSSR count). The molecular formula is C18H17ClN2O2S2. The van der Waals surface area contributed by atoms with E-state index < -0.39 is 0 Å². The number of carbonyl (C=O) groups excluding carboxylic acids is 1. The summed E-state index contributed by atoms with van der Waals surface area (Å²) in [6, 6.07) is 9.51. The highest BCUT2D eigenvalue weighted by Gasteiger charge is 2.09. The molecule has 0 saturated carbocycles. The highest BCUT2D eigenvalue weighted by molar-refractivity contribution is 7.16. The van der Waals surface area contributed by atoms with Gasteiger partial charge in [-0.05, 0) is 43.7 Å². The number of rotatable bonds is 6. The number of ether oxygens (including phenoxy) is 1. The van der Waals surface area contributed by atoms with Crippen LogP contribution >= 0.6 is 34.3 Å². The maximum atomic E-state index is 12.0. The Bertz CT molecular complexity index is 889. The van der Waals surface area contributed by atoms with E-state index in [2.05, 4.69) is 10.3 Å². The summed E-state index contributed by atoms with van der Waals surface area (Å²) in [5.41, 5.74) is 2.02. The number of aryl methyl sites for hydroxylation is 2. The van der Waals surface area contributed by atoms with Gasteiger partial charge in [-0.3, -0.25) is 4.79 Å². The van der Waals surface area contributed by atoms with Gasteiger partial charge >= 0.3 is 0 Å². The maximum Gasteiger partial charge on any atom is 0.258 e. The third kappa shape index (κ3) is 4.81. The van der Waals surface area contributed by atoms with Gasteiger partial charge in [0.1, 0.15) is 5.75 Å². The first-order chi connectivity index (χ1) is 12.0. The van der Waals surface area contributed by atoms with Crippen molar-refractivity contribution in [2.45, 2.75) is 20.4 Å². The van der Waals surface area contributed by atoms with E-state index in [4.69, 9.17) is 16.3 Å². The molecule has 2 heterocycles. The summed E-state index contributed by atoms with van der Waals surface area (Å²) in [7, 11) is 0. The van der Waals surface area contributed by atoms with Crippen LogP contribution in [0.5, 0.6) is 5.75 Å². The Morgan fingerprint density at radius 1 is 1.28 bits per heavy atom. The molecule has 0 aliphatic heterocycles. The van der Waals surface area contributed by atoms with Crippen LogP contribution in [0.15, 0.2) is 35.7 Å². The molecule has 0 radical (unpaired) electrons. The zero-order chi connectivity index (χ0) is 17.8. The van der Waals surface area contributed by atoms with Crippen LogP contribution in [0.4, 0.5) is 0 Å². The zero-order valence-corrected chi connectivity index (χ0v) is 16.2. The Hall–Kier alpha value is -1.89. The number of carbonyl (C=O) groups is 1. The second-order valence-electron chi connectivity index (χ2n) is 5.52. The van der Waals surface area contributed by atoms with E-state index >= 15 is 0 Å². The van der Waals surface area contributed by atoms with Crippen molar-refractivity contribution in [3.8, 4) is 16.3 Å². The second kappa shape index (κ2) is 7.99. The Kier molecular flexibility index (Phi) is 5.73. The van der Waals surface area contributed by atoms with E-state index in [1.54, 1.807) is 28.7 Å². The maximum absolute atomic E-state index is 12.0. The summed E-state index contributed by atoms with van der Waals surface area (Å²) in [6.45, 7) is 4.34. The third-order valence-electron chi connectivity index (χ3n) is 3.44. The Labute approximate surface area is 159 Å². The lowest BCUT2D eigenvalue weighted by Gasteiger charge is -2.09. The van der Waals surface area contributed by atoms with Gasteiger partial charge in [0.25, 0.3) is 5.91 Å². The average molecular weight is 393 g/mol. The van der Waals surface area contributed by atoms with Crippen LogP contribution in [-0.2, 0) is 11.3 Å². The average Bonchev–Trinajstić information content (AvgIpc) is 3.22. The van der Waals surface area contributed by atoms with Crippen molar-refractivity contribution in [1.82, 2.24) is 10.3 Å². The predicted octanol–water partition coefficient (Wildman–Crippen LogP) is 4.84.